The topological polar surface area (TPSA) is 50.9 Å². The molecule has 0 aliphatic carbocycles. The summed E-state index contributed by atoms with van der Waals surface area (Å²) in [5.41, 5.74) is 7.44. The number of hydrogen-bond donors (Lipinski definition) is 2. The minimum atomic E-state index is -0.0511. The standard InChI is InChI=1S/C19H23N5O/c1-3-22-11-14(2)9-16-19(22)24-13-23(12-17(24)18(25)21-16)20-10-15-7-5-4-6-8-15/h4-9,12,20H,3,10-11,13H2,1-2H3,(H,21,25). The number of benzene rings is 1. The normalized spacial score (nSPS) is 19.4. The Morgan fingerprint density at radius 3 is 2.80 bits per heavy atom. The summed E-state index contributed by atoms with van der Waals surface area (Å²) in [6.07, 6.45) is 3.97. The van der Waals surface area contributed by atoms with Crippen LogP contribution in [0.4, 0.5) is 0 Å². The average Bonchev–Trinajstić information content (AvgIpc) is 3.05. The molecule has 6 nitrogen and oxygen atoms in total. The summed E-state index contributed by atoms with van der Waals surface area (Å²) in [7, 11) is 0. The molecule has 6 heteroatoms. The van der Waals surface area contributed by atoms with Crippen molar-refractivity contribution in [1.82, 2.24) is 25.6 Å². The molecule has 3 aliphatic rings. The molecule has 0 aromatic heterocycles. The summed E-state index contributed by atoms with van der Waals surface area (Å²) < 4.78 is 0. The largest absolute Gasteiger partial charge is 0.353 e. The minimum absolute atomic E-state index is 0.0511. The molecule has 25 heavy (non-hydrogen) atoms. The number of carbonyl (C=O) groups is 1. The monoisotopic (exact) mass is 337 g/mol. The number of hydrazine groups is 1. The molecule has 130 valence electrons. The molecular weight excluding hydrogens is 314 g/mol. The second kappa shape index (κ2) is 6.29. The van der Waals surface area contributed by atoms with Crippen molar-refractivity contribution in [2.24, 2.45) is 0 Å². The van der Waals surface area contributed by atoms with Crippen molar-refractivity contribution in [3.8, 4) is 0 Å². The van der Waals surface area contributed by atoms with Gasteiger partial charge in [-0.05, 0) is 25.5 Å². The van der Waals surface area contributed by atoms with Gasteiger partial charge in [-0.25, -0.2) is 5.43 Å². The lowest BCUT2D eigenvalue weighted by Crippen LogP contribution is -2.48. The Hall–Kier alpha value is -2.73. The van der Waals surface area contributed by atoms with Crippen LogP contribution >= 0.6 is 0 Å². The van der Waals surface area contributed by atoms with Gasteiger partial charge < -0.3 is 15.1 Å². The number of rotatable bonds is 4. The second-order valence-electron chi connectivity index (χ2n) is 6.57. The van der Waals surface area contributed by atoms with Crippen LogP contribution in [0.3, 0.4) is 0 Å². The number of nitrogens with zero attached hydrogens (tertiary/aromatic N) is 3. The van der Waals surface area contributed by atoms with Crippen LogP contribution in [0.25, 0.3) is 0 Å². The van der Waals surface area contributed by atoms with Crippen LogP contribution in [0.15, 0.2) is 65.4 Å². The molecule has 4 rings (SSSR count). The van der Waals surface area contributed by atoms with E-state index in [1.807, 2.05) is 29.4 Å². The second-order valence-corrected chi connectivity index (χ2v) is 6.57. The first kappa shape index (κ1) is 15.8. The number of likely N-dealkylation sites (N-methyl/N-ethyl adjacent to an activating group) is 1. The average molecular weight is 337 g/mol. The van der Waals surface area contributed by atoms with Gasteiger partial charge in [-0.15, -0.1) is 0 Å². The highest BCUT2D eigenvalue weighted by atomic mass is 16.2. The van der Waals surface area contributed by atoms with Gasteiger partial charge in [-0.1, -0.05) is 35.9 Å². The molecule has 1 aromatic carbocycles. The molecule has 3 heterocycles. The quantitative estimate of drug-likeness (QED) is 0.876. The minimum Gasteiger partial charge on any atom is -0.353 e. The van der Waals surface area contributed by atoms with Crippen molar-refractivity contribution in [2.45, 2.75) is 20.4 Å². The maximum Gasteiger partial charge on any atom is 0.274 e. The molecule has 1 aromatic rings. The fourth-order valence-electron chi connectivity index (χ4n) is 3.49. The van der Waals surface area contributed by atoms with Crippen molar-refractivity contribution in [3.63, 3.8) is 0 Å². The van der Waals surface area contributed by atoms with E-state index in [0.717, 1.165) is 31.2 Å². The fourth-order valence-corrected chi connectivity index (χ4v) is 3.49. The van der Waals surface area contributed by atoms with Crippen molar-refractivity contribution in [2.75, 3.05) is 19.8 Å². The van der Waals surface area contributed by atoms with Crippen molar-refractivity contribution in [3.05, 3.63) is 71.0 Å². The van der Waals surface area contributed by atoms with Crippen molar-refractivity contribution >= 4 is 5.91 Å². The lowest BCUT2D eigenvalue weighted by Gasteiger charge is -2.40. The van der Waals surface area contributed by atoms with E-state index in [2.05, 4.69) is 52.6 Å². The zero-order valence-electron chi connectivity index (χ0n) is 14.6. The van der Waals surface area contributed by atoms with Gasteiger partial charge >= 0.3 is 0 Å². The fraction of sp³-hybridized carbons (Fsp3) is 0.316. The van der Waals surface area contributed by atoms with E-state index >= 15 is 0 Å². The zero-order chi connectivity index (χ0) is 17.4. The highest BCUT2D eigenvalue weighted by Crippen LogP contribution is 2.32. The SMILES string of the molecule is CCN1CC(C)=CC2=C1N1CN(NCc3ccccc3)C=C1C(=O)N2. The number of fused-ring (bicyclic) bond motifs is 2. The van der Waals surface area contributed by atoms with Gasteiger partial charge in [-0.2, -0.15) is 0 Å². The third-order valence-corrected chi connectivity index (χ3v) is 4.68. The predicted molar refractivity (Wildman–Crippen MR) is 96.1 cm³/mol. The van der Waals surface area contributed by atoms with Crippen LogP contribution in [0, 0.1) is 0 Å². The molecule has 0 radical (unpaired) electrons. The molecule has 0 atom stereocenters. The number of allylic oxidation sites excluding steroid dienone is 1. The van der Waals surface area contributed by atoms with E-state index in [0.29, 0.717) is 12.4 Å². The van der Waals surface area contributed by atoms with E-state index in [1.165, 1.54) is 11.1 Å². The zero-order valence-corrected chi connectivity index (χ0v) is 14.6. The maximum atomic E-state index is 12.5. The Labute approximate surface area is 148 Å². The number of hydrogen-bond acceptors (Lipinski definition) is 5. The summed E-state index contributed by atoms with van der Waals surface area (Å²) in [6, 6.07) is 10.2. The van der Waals surface area contributed by atoms with Gasteiger partial charge in [0.05, 0.1) is 5.70 Å². The van der Waals surface area contributed by atoms with Gasteiger partial charge in [0.25, 0.3) is 5.91 Å². The van der Waals surface area contributed by atoms with E-state index in [9.17, 15) is 4.79 Å². The molecule has 3 aliphatic heterocycles. The summed E-state index contributed by atoms with van der Waals surface area (Å²) in [5.74, 6) is 1.03. The Bertz CT molecular complexity index is 780. The van der Waals surface area contributed by atoms with Gasteiger partial charge in [0.2, 0.25) is 0 Å². The summed E-state index contributed by atoms with van der Waals surface area (Å²) in [6.45, 7) is 7.39. The van der Waals surface area contributed by atoms with Gasteiger partial charge in [0, 0.05) is 25.8 Å². The maximum absolute atomic E-state index is 12.5. The van der Waals surface area contributed by atoms with E-state index in [-0.39, 0.29) is 5.91 Å². The van der Waals surface area contributed by atoms with Crippen molar-refractivity contribution < 1.29 is 4.79 Å². The lowest BCUT2D eigenvalue weighted by atomic mass is 10.1. The molecule has 0 unspecified atom stereocenters. The third-order valence-electron chi connectivity index (χ3n) is 4.68. The summed E-state index contributed by atoms with van der Waals surface area (Å²) in [5, 5.41) is 5.02. The number of nitrogens with one attached hydrogen (secondary N) is 2. The van der Waals surface area contributed by atoms with Crippen LogP contribution < -0.4 is 10.7 Å². The lowest BCUT2D eigenvalue weighted by molar-refractivity contribution is -0.118. The number of carbonyl (C=O) groups excluding carboxylic acids is 1. The van der Waals surface area contributed by atoms with Crippen LogP contribution in [0.5, 0.6) is 0 Å². The molecule has 0 saturated heterocycles. The smallest absolute Gasteiger partial charge is 0.274 e. The first-order valence-corrected chi connectivity index (χ1v) is 8.67. The molecule has 0 bridgehead atoms. The summed E-state index contributed by atoms with van der Waals surface area (Å²) in [4.78, 5) is 16.9. The number of amides is 1. The summed E-state index contributed by atoms with van der Waals surface area (Å²) >= 11 is 0. The van der Waals surface area contributed by atoms with Gasteiger partial charge in [0.1, 0.15) is 18.2 Å². The Kier molecular flexibility index (Phi) is 3.97. The Morgan fingerprint density at radius 1 is 1.24 bits per heavy atom. The van der Waals surface area contributed by atoms with Crippen LogP contribution in [0.2, 0.25) is 0 Å². The molecule has 0 spiro atoms. The van der Waals surface area contributed by atoms with Crippen molar-refractivity contribution in [1.29, 1.82) is 0 Å². The molecular formula is C19H23N5O. The Morgan fingerprint density at radius 2 is 2.04 bits per heavy atom. The first-order chi connectivity index (χ1) is 12.2. The van der Waals surface area contributed by atoms with Crippen LogP contribution in [-0.2, 0) is 11.3 Å². The third kappa shape index (κ3) is 2.89. The highest BCUT2D eigenvalue weighted by Gasteiger charge is 2.38. The van der Waals surface area contributed by atoms with E-state index in [4.69, 9.17) is 0 Å². The van der Waals surface area contributed by atoms with E-state index in [1.54, 1.807) is 0 Å². The molecule has 0 saturated carbocycles. The van der Waals surface area contributed by atoms with Crippen LogP contribution in [0.1, 0.15) is 19.4 Å². The van der Waals surface area contributed by atoms with Crippen LogP contribution in [-0.4, -0.2) is 40.5 Å². The van der Waals surface area contributed by atoms with E-state index < -0.39 is 0 Å². The molecule has 1 amide bonds. The highest BCUT2D eigenvalue weighted by molar-refractivity contribution is 5.96. The predicted octanol–water partition coefficient (Wildman–Crippen LogP) is 1.69. The van der Waals surface area contributed by atoms with Gasteiger partial charge in [0.15, 0.2) is 0 Å². The Balaban J connectivity index is 1.55. The molecule has 0 fully saturated rings. The first-order valence-electron chi connectivity index (χ1n) is 8.67. The molecule has 2 N–H and O–H groups in total. The van der Waals surface area contributed by atoms with Gasteiger partial charge in [-0.3, -0.25) is 9.80 Å².